The summed E-state index contributed by atoms with van der Waals surface area (Å²) in [6.45, 7) is 0. The summed E-state index contributed by atoms with van der Waals surface area (Å²) in [6.07, 6.45) is 5.59. The molecule has 0 radical (unpaired) electrons. The minimum Gasteiger partial charge on any atom is -0.256 e. The molecule has 25 aromatic rings. The number of para-hydroxylation sites is 3. The van der Waals surface area contributed by atoms with Gasteiger partial charge in [-0.3, -0.25) is 15.0 Å². The molecule has 0 aliphatic carbocycles. The van der Waals surface area contributed by atoms with Crippen molar-refractivity contribution in [2.24, 2.45) is 0 Å². The molecule has 0 N–H and O–H groups in total. The Balaban J connectivity index is 0.000000111. The van der Waals surface area contributed by atoms with Crippen LogP contribution in [-0.2, 0) is 0 Å². The Morgan fingerprint density at radius 1 is 0.163 bits per heavy atom. The average molecular weight is 1660 g/mol. The summed E-state index contributed by atoms with van der Waals surface area (Å²) in [7, 11) is 0. The zero-order valence-corrected chi connectivity index (χ0v) is 70.6. The highest BCUT2D eigenvalue weighted by Gasteiger charge is 2.22. The predicted molar refractivity (Wildman–Crippen MR) is 538 cm³/mol. The number of benzene rings is 18. The van der Waals surface area contributed by atoms with E-state index in [0.717, 1.165) is 165 Å². The van der Waals surface area contributed by atoms with E-state index in [1.165, 1.54) is 70.9 Å². The standard InChI is InChI=1S/C41H25N3S.2C39H25N3/c1-2-9-26(10-3-1)27-18-20-29(21-19-27)38-40-39(35-14-4-5-17-36(35)45-40)44-41(43-38)31-12-6-11-30(25-31)32-15-7-16-34-33(32)23-22-28-13-8-24-42-37(28)34;1-2-9-26(10-3-1)27-18-20-29(21-19-27)38-39(42-36-17-5-4-16-35(36)41-38)31-12-6-11-30(25-31)32-14-7-15-34-33(32)23-22-28-13-8-24-40-37(28)34;1-2-9-26(10-3-1)27-18-20-29(21-19-27)38-35-14-4-5-17-36(35)41-39(42-38)31-12-6-11-30(25-31)32-15-7-16-34-33(32)23-22-28-13-8-24-40-37(28)34/h1-25H;2*1-25H. The molecule has 0 unspecified atom stereocenters. The maximum absolute atomic E-state index is 5.27. The van der Waals surface area contributed by atoms with Gasteiger partial charge in [0, 0.05) is 99.8 Å². The molecule has 0 aliphatic rings. The molecular weight excluding hydrogens is 1590 g/mol. The maximum Gasteiger partial charge on any atom is 0.160 e. The number of hydrogen-bond acceptors (Lipinski definition) is 10. The highest BCUT2D eigenvalue weighted by molar-refractivity contribution is 7.26. The Kier molecular flexibility index (Phi) is 20.0. The van der Waals surface area contributed by atoms with Crippen LogP contribution in [0.3, 0.4) is 0 Å². The normalized spacial score (nSPS) is 11.4. The van der Waals surface area contributed by atoms with Crippen LogP contribution < -0.4 is 0 Å². The van der Waals surface area contributed by atoms with Crippen molar-refractivity contribution in [3.63, 3.8) is 0 Å². The Labute approximate surface area is 748 Å². The molecule has 10 heteroatoms. The van der Waals surface area contributed by atoms with Crippen LogP contribution in [0, 0.1) is 0 Å². The molecule has 0 saturated heterocycles. The molecule has 129 heavy (non-hydrogen) atoms. The van der Waals surface area contributed by atoms with Crippen LogP contribution >= 0.6 is 11.3 Å². The summed E-state index contributed by atoms with van der Waals surface area (Å²) in [5, 5.41) is 12.6. The topological polar surface area (TPSA) is 116 Å². The van der Waals surface area contributed by atoms with Gasteiger partial charge in [0.2, 0.25) is 0 Å². The second kappa shape index (κ2) is 33.5. The maximum atomic E-state index is 5.27. The van der Waals surface area contributed by atoms with Gasteiger partial charge in [0.05, 0.1) is 66.1 Å². The summed E-state index contributed by atoms with van der Waals surface area (Å²) in [6, 6.07) is 153. The number of hydrogen-bond donors (Lipinski definition) is 0. The third kappa shape index (κ3) is 14.8. The largest absolute Gasteiger partial charge is 0.256 e. The molecule has 25 rings (SSSR count). The number of nitrogens with zero attached hydrogens (tertiary/aromatic N) is 9. The molecular formula is C119H75N9S. The lowest BCUT2D eigenvalue weighted by atomic mass is 9.94. The number of fused-ring (bicyclic) bond motifs is 14. The van der Waals surface area contributed by atoms with Crippen LogP contribution in [0.2, 0.25) is 0 Å². The summed E-state index contributed by atoms with van der Waals surface area (Å²) in [5.74, 6) is 1.44. The zero-order valence-electron chi connectivity index (χ0n) is 69.7. The Bertz CT molecular complexity index is 8600. The number of pyridine rings is 3. The molecule has 0 spiro atoms. The highest BCUT2D eigenvalue weighted by atomic mass is 32.1. The number of aromatic nitrogens is 9. The van der Waals surface area contributed by atoms with Gasteiger partial charge in [-0.05, 0) is 144 Å². The molecule has 602 valence electrons. The zero-order chi connectivity index (χ0) is 85.5. The van der Waals surface area contributed by atoms with E-state index in [4.69, 9.17) is 39.9 Å². The van der Waals surface area contributed by atoms with Gasteiger partial charge in [0.15, 0.2) is 11.6 Å². The second-order valence-electron chi connectivity index (χ2n) is 32.2. The molecule has 9 nitrogen and oxygen atoms in total. The van der Waals surface area contributed by atoms with E-state index in [1.807, 2.05) is 91.4 Å². The lowest BCUT2D eigenvalue weighted by Gasteiger charge is -2.13. The van der Waals surface area contributed by atoms with Crippen molar-refractivity contribution in [3.8, 4) is 135 Å². The summed E-state index contributed by atoms with van der Waals surface area (Å²) in [4.78, 5) is 45.0. The average Bonchev–Trinajstić information content (AvgIpc) is 1.70. The smallest absolute Gasteiger partial charge is 0.160 e. The van der Waals surface area contributed by atoms with E-state index in [-0.39, 0.29) is 0 Å². The van der Waals surface area contributed by atoms with Crippen LogP contribution in [0.5, 0.6) is 0 Å². The van der Waals surface area contributed by atoms with Gasteiger partial charge in [0.1, 0.15) is 0 Å². The summed E-state index contributed by atoms with van der Waals surface area (Å²) >= 11 is 1.76. The first-order chi connectivity index (χ1) is 63.9. The quantitative estimate of drug-likeness (QED) is 0.110. The van der Waals surface area contributed by atoms with Gasteiger partial charge in [-0.25, -0.2) is 29.9 Å². The third-order valence-corrected chi connectivity index (χ3v) is 25.6. The number of thiophene rings is 1. The number of rotatable bonds is 12. The van der Waals surface area contributed by atoms with Crippen molar-refractivity contribution in [2.75, 3.05) is 0 Å². The van der Waals surface area contributed by atoms with Crippen LogP contribution in [0.25, 0.3) is 242 Å². The fourth-order valence-electron chi connectivity index (χ4n) is 18.0. The second-order valence-corrected chi connectivity index (χ2v) is 33.2. The monoisotopic (exact) mass is 1660 g/mol. The first-order valence-corrected chi connectivity index (χ1v) is 44.1. The Morgan fingerprint density at radius 3 is 0.953 bits per heavy atom. The molecule has 18 aromatic carbocycles. The van der Waals surface area contributed by atoms with E-state index in [9.17, 15) is 0 Å². The van der Waals surface area contributed by atoms with Crippen molar-refractivity contribution >= 4 is 119 Å². The van der Waals surface area contributed by atoms with Crippen molar-refractivity contribution < 1.29 is 0 Å². The molecule has 0 fully saturated rings. The van der Waals surface area contributed by atoms with Crippen molar-refractivity contribution in [1.29, 1.82) is 0 Å². The molecule has 0 amide bonds. The molecule has 0 bridgehead atoms. The van der Waals surface area contributed by atoms with Gasteiger partial charge in [-0.15, -0.1) is 11.3 Å². The van der Waals surface area contributed by atoms with Crippen molar-refractivity contribution in [3.05, 3.63) is 455 Å². The Morgan fingerprint density at radius 2 is 0.488 bits per heavy atom. The first-order valence-electron chi connectivity index (χ1n) is 43.3. The fraction of sp³-hybridized carbons (Fsp3) is 0. The minimum absolute atomic E-state index is 0.713. The molecule has 7 heterocycles. The lowest BCUT2D eigenvalue weighted by molar-refractivity contribution is 1.23. The van der Waals surface area contributed by atoms with Gasteiger partial charge < -0.3 is 0 Å². The van der Waals surface area contributed by atoms with E-state index < -0.39 is 0 Å². The molecule has 0 saturated carbocycles. The predicted octanol–water partition coefficient (Wildman–Crippen LogP) is 31.2. The van der Waals surface area contributed by atoms with Crippen LogP contribution in [0.15, 0.2) is 455 Å². The van der Waals surface area contributed by atoms with E-state index in [0.29, 0.717) is 5.82 Å². The third-order valence-electron chi connectivity index (χ3n) is 24.4. The van der Waals surface area contributed by atoms with E-state index >= 15 is 0 Å². The lowest BCUT2D eigenvalue weighted by Crippen LogP contribution is -1.96. The summed E-state index contributed by atoms with van der Waals surface area (Å²) in [5.41, 5.74) is 30.6. The SMILES string of the molecule is c1ccc(-c2ccc(-c3nc(-c4cccc(-c5cccc6c5ccc5cccnc56)c4)nc4c3sc3ccccc34)cc2)cc1.c1ccc(-c2ccc(-c3nc(-c4cccc(-c5cccc6c5ccc5cccnc56)c4)nc4ccccc34)cc2)cc1.c1ccc(-c2ccc(-c3nc4ccccc4nc3-c3cccc(-c4cccc5c4ccc4cccnc45)c3)cc2)cc1. The van der Waals surface area contributed by atoms with Crippen molar-refractivity contribution in [2.45, 2.75) is 0 Å². The molecule has 0 aliphatic heterocycles. The van der Waals surface area contributed by atoms with Gasteiger partial charge in [-0.2, -0.15) is 0 Å². The Hall–Kier alpha value is -17.1. The van der Waals surface area contributed by atoms with Gasteiger partial charge in [-0.1, -0.05) is 376 Å². The molecule has 0 atom stereocenters. The van der Waals surface area contributed by atoms with E-state index in [2.05, 4.69) is 369 Å². The fourth-order valence-corrected chi connectivity index (χ4v) is 19.2. The minimum atomic E-state index is 0.713. The summed E-state index contributed by atoms with van der Waals surface area (Å²) < 4.78 is 2.32. The first kappa shape index (κ1) is 76.8. The van der Waals surface area contributed by atoms with Crippen LogP contribution in [0.1, 0.15) is 0 Å². The van der Waals surface area contributed by atoms with Crippen LogP contribution in [0.4, 0.5) is 0 Å². The van der Waals surface area contributed by atoms with Crippen LogP contribution in [-0.4, -0.2) is 44.9 Å². The molecule has 7 aromatic heterocycles. The van der Waals surface area contributed by atoms with Gasteiger partial charge >= 0.3 is 0 Å². The highest BCUT2D eigenvalue weighted by Crippen LogP contribution is 2.44. The van der Waals surface area contributed by atoms with E-state index in [1.54, 1.807) is 11.3 Å². The van der Waals surface area contributed by atoms with Crippen molar-refractivity contribution in [1.82, 2.24) is 44.9 Å². The van der Waals surface area contributed by atoms with Gasteiger partial charge in [0.25, 0.3) is 0 Å².